The Kier molecular flexibility index (Phi) is 2.59. The molecule has 0 spiro atoms. The number of hydrogen-bond donors (Lipinski definition) is 1. The van der Waals surface area contributed by atoms with Gasteiger partial charge in [-0.2, -0.15) is 4.37 Å². The maximum Gasteiger partial charge on any atom is 0.205 e. The standard InChI is InChI=1S/C11H17N3OS/c1-7-4-5-14(9(7)6-15)11-12-10(13-16-11)8-2-3-8/h7-9,15H,2-6H2,1H3. The summed E-state index contributed by atoms with van der Waals surface area (Å²) in [6, 6.07) is 0.236. The smallest absolute Gasteiger partial charge is 0.205 e. The summed E-state index contributed by atoms with van der Waals surface area (Å²) in [7, 11) is 0. The Bertz CT molecular complexity index is 377. The Labute approximate surface area is 99.5 Å². The lowest BCUT2D eigenvalue weighted by atomic mass is 10.0. The van der Waals surface area contributed by atoms with E-state index in [-0.39, 0.29) is 12.6 Å². The molecule has 3 rings (SSSR count). The maximum absolute atomic E-state index is 9.41. The van der Waals surface area contributed by atoms with Crippen LogP contribution in [-0.4, -0.2) is 33.7 Å². The van der Waals surface area contributed by atoms with Gasteiger partial charge in [0.2, 0.25) is 5.13 Å². The molecular weight excluding hydrogens is 222 g/mol. The highest BCUT2D eigenvalue weighted by Gasteiger charge is 2.34. The number of aliphatic hydroxyl groups excluding tert-OH is 1. The first-order valence-corrected chi connectivity index (χ1v) is 6.78. The first-order chi connectivity index (χ1) is 7.79. The van der Waals surface area contributed by atoms with Gasteiger partial charge in [-0.1, -0.05) is 6.92 Å². The van der Waals surface area contributed by atoms with E-state index >= 15 is 0 Å². The zero-order valence-corrected chi connectivity index (χ0v) is 10.3. The summed E-state index contributed by atoms with van der Waals surface area (Å²) in [6.07, 6.45) is 3.63. The molecule has 1 aromatic heterocycles. The van der Waals surface area contributed by atoms with E-state index in [1.165, 1.54) is 24.4 Å². The van der Waals surface area contributed by atoms with Gasteiger partial charge in [0.05, 0.1) is 12.6 Å². The number of nitrogens with zero attached hydrogens (tertiary/aromatic N) is 3. The fourth-order valence-corrected chi connectivity index (χ4v) is 3.21. The van der Waals surface area contributed by atoms with Crippen LogP contribution in [0, 0.1) is 5.92 Å². The van der Waals surface area contributed by atoms with E-state index in [1.54, 1.807) is 0 Å². The SMILES string of the molecule is CC1CCN(c2nc(C3CC3)ns2)C1CO. The highest BCUT2D eigenvalue weighted by molar-refractivity contribution is 7.09. The molecule has 16 heavy (non-hydrogen) atoms. The third-order valence-corrected chi connectivity index (χ3v) is 4.46. The van der Waals surface area contributed by atoms with Crippen LogP contribution in [0.3, 0.4) is 0 Å². The number of aromatic nitrogens is 2. The molecule has 5 heteroatoms. The largest absolute Gasteiger partial charge is 0.394 e. The summed E-state index contributed by atoms with van der Waals surface area (Å²) in [5, 5.41) is 10.4. The molecule has 2 aliphatic rings. The van der Waals surface area contributed by atoms with E-state index in [2.05, 4.69) is 21.2 Å². The Morgan fingerprint density at radius 3 is 2.94 bits per heavy atom. The number of hydrogen-bond acceptors (Lipinski definition) is 5. The van der Waals surface area contributed by atoms with E-state index in [0.29, 0.717) is 11.8 Å². The molecule has 0 amide bonds. The van der Waals surface area contributed by atoms with Crippen LogP contribution < -0.4 is 4.90 Å². The topological polar surface area (TPSA) is 49.2 Å². The molecule has 2 atom stereocenters. The molecule has 1 saturated heterocycles. The van der Waals surface area contributed by atoms with Crippen LogP contribution in [0.2, 0.25) is 0 Å². The van der Waals surface area contributed by atoms with Crippen molar-refractivity contribution in [2.75, 3.05) is 18.1 Å². The third-order valence-electron chi connectivity index (χ3n) is 3.69. The van der Waals surface area contributed by atoms with Gasteiger partial charge in [-0.15, -0.1) is 0 Å². The van der Waals surface area contributed by atoms with Crippen molar-refractivity contribution in [3.8, 4) is 0 Å². The molecule has 0 aromatic carbocycles. The van der Waals surface area contributed by atoms with Gasteiger partial charge in [0.1, 0.15) is 5.82 Å². The summed E-state index contributed by atoms with van der Waals surface area (Å²) >= 11 is 1.49. The van der Waals surface area contributed by atoms with Crippen molar-refractivity contribution < 1.29 is 5.11 Å². The van der Waals surface area contributed by atoms with Crippen LogP contribution in [0.5, 0.6) is 0 Å². The van der Waals surface area contributed by atoms with Gasteiger partial charge in [0.25, 0.3) is 0 Å². The molecule has 0 radical (unpaired) electrons. The molecule has 1 aliphatic carbocycles. The fraction of sp³-hybridized carbons (Fsp3) is 0.818. The zero-order valence-electron chi connectivity index (χ0n) is 9.46. The lowest BCUT2D eigenvalue weighted by Gasteiger charge is -2.23. The first-order valence-electron chi connectivity index (χ1n) is 6.00. The quantitative estimate of drug-likeness (QED) is 0.871. The summed E-state index contributed by atoms with van der Waals surface area (Å²) in [6.45, 7) is 3.43. The van der Waals surface area contributed by atoms with Gasteiger partial charge >= 0.3 is 0 Å². The second-order valence-electron chi connectivity index (χ2n) is 4.92. The van der Waals surface area contributed by atoms with Crippen molar-refractivity contribution >= 4 is 16.7 Å². The Morgan fingerprint density at radius 1 is 1.44 bits per heavy atom. The van der Waals surface area contributed by atoms with E-state index in [1.807, 2.05) is 0 Å². The monoisotopic (exact) mass is 239 g/mol. The fourth-order valence-electron chi connectivity index (χ4n) is 2.37. The van der Waals surface area contributed by atoms with Gasteiger partial charge in [-0.25, -0.2) is 4.98 Å². The molecule has 2 fully saturated rings. The number of rotatable bonds is 3. The summed E-state index contributed by atoms with van der Waals surface area (Å²) < 4.78 is 4.42. The molecule has 2 heterocycles. The first kappa shape index (κ1) is 10.5. The predicted molar refractivity (Wildman–Crippen MR) is 63.9 cm³/mol. The third kappa shape index (κ3) is 1.72. The maximum atomic E-state index is 9.41. The molecule has 1 aromatic rings. The van der Waals surface area contributed by atoms with E-state index in [0.717, 1.165) is 23.9 Å². The van der Waals surface area contributed by atoms with Crippen LogP contribution in [-0.2, 0) is 0 Å². The molecule has 1 N–H and O–H groups in total. The second-order valence-corrected chi connectivity index (χ2v) is 5.65. The van der Waals surface area contributed by atoms with Crippen molar-refractivity contribution in [1.29, 1.82) is 0 Å². The van der Waals surface area contributed by atoms with Crippen LogP contribution >= 0.6 is 11.5 Å². The van der Waals surface area contributed by atoms with Crippen LogP contribution in [0.15, 0.2) is 0 Å². The minimum atomic E-state index is 0.222. The Balaban J connectivity index is 1.79. The van der Waals surface area contributed by atoms with Crippen LogP contribution in [0.4, 0.5) is 5.13 Å². The van der Waals surface area contributed by atoms with E-state index in [4.69, 9.17) is 0 Å². The Morgan fingerprint density at radius 2 is 2.25 bits per heavy atom. The van der Waals surface area contributed by atoms with Gasteiger partial charge in [-0.3, -0.25) is 0 Å². The van der Waals surface area contributed by atoms with E-state index < -0.39 is 0 Å². The van der Waals surface area contributed by atoms with Crippen molar-refractivity contribution in [2.45, 2.75) is 38.1 Å². The van der Waals surface area contributed by atoms with Crippen molar-refractivity contribution in [2.24, 2.45) is 5.92 Å². The molecule has 0 bridgehead atoms. The summed E-state index contributed by atoms with van der Waals surface area (Å²) in [5.74, 6) is 2.20. The summed E-state index contributed by atoms with van der Waals surface area (Å²) in [4.78, 5) is 6.84. The lowest BCUT2D eigenvalue weighted by Crippen LogP contribution is -2.35. The van der Waals surface area contributed by atoms with E-state index in [9.17, 15) is 5.11 Å². The van der Waals surface area contributed by atoms with Gasteiger partial charge in [-0.05, 0) is 25.2 Å². The van der Waals surface area contributed by atoms with Crippen molar-refractivity contribution in [3.63, 3.8) is 0 Å². The molecule has 2 unspecified atom stereocenters. The highest BCUT2D eigenvalue weighted by Crippen LogP contribution is 2.40. The Hall–Kier alpha value is -0.680. The normalized spacial score (nSPS) is 30.0. The molecule has 1 aliphatic heterocycles. The number of anilines is 1. The molecular formula is C11H17N3OS. The predicted octanol–water partition coefficient (Wildman–Crippen LogP) is 1.62. The van der Waals surface area contributed by atoms with Crippen molar-refractivity contribution in [1.82, 2.24) is 9.36 Å². The lowest BCUT2D eigenvalue weighted by molar-refractivity contribution is 0.244. The summed E-state index contributed by atoms with van der Waals surface area (Å²) in [5.41, 5.74) is 0. The van der Waals surface area contributed by atoms with Crippen molar-refractivity contribution in [3.05, 3.63) is 5.82 Å². The van der Waals surface area contributed by atoms with Gasteiger partial charge in [0.15, 0.2) is 0 Å². The van der Waals surface area contributed by atoms with Crippen LogP contribution in [0.25, 0.3) is 0 Å². The number of aliphatic hydroxyl groups is 1. The zero-order chi connectivity index (χ0) is 11.1. The van der Waals surface area contributed by atoms with Gasteiger partial charge < -0.3 is 10.0 Å². The average Bonchev–Trinajstić information content (AvgIpc) is 2.90. The minimum absolute atomic E-state index is 0.222. The molecule has 1 saturated carbocycles. The molecule has 88 valence electrons. The van der Waals surface area contributed by atoms with Crippen LogP contribution in [0.1, 0.15) is 37.9 Å². The average molecular weight is 239 g/mol. The second kappa shape index (κ2) is 3.96. The van der Waals surface area contributed by atoms with Gasteiger partial charge in [0, 0.05) is 24.0 Å². The highest BCUT2D eigenvalue weighted by atomic mass is 32.1. The minimum Gasteiger partial charge on any atom is -0.394 e. The molecule has 4 nitrogen and oxygen atoms in total.